The number of hydrogen-bond acceptors (Lipinski definition) is 6. The topological polar surface area (TPSA) is 97.1 Å². The molecule has 1 N–H and O–H groups in total. The number of nitrogens with zero attached hydrogens (tertiary/aromatic N) is 4. The summed E-state index contributed by atoms with van der Waals surface area (Å²) in [4.78, 5) is 19.0. The van der Waals surface area contributed by atoms with E-state index in [1.54, 1.807) is 0 Å². The molecule has 0 bridgehead atoms. The number of likely N-dealkylation sites (tertiary alicyclic amines) is 1. The molecular weight excluding hydrogens is 406 g/mol. The van der Waals surface area contributed by atoms with Crippen LogP contribution in [0.25, 0.3) is 22.8 Å². The van der Waals surface area contributed by atoms with E-state index in [1.807, 2.05) is 72.5 Å². The fourth-order valence-electron chi connectivity index (χ4n) is 3.92. The van der Waals surface area contributed by atoms with E-state index in [0.717, 1.165) is 22.6 Å². The van der Waals surface area contributed by atoms with Crippen LogP contribution in [0.4, 0.5) is 0 Å². The lowest BCUT2D eigenvalue weighted by molar-refractivity contribution is -0.128. The van der Waals surface area contributed by atoms with Crippen LogP contribution in [0.2, 0.25) is 0 Å². The van der Waals surface area contributed by atoms with Crippen LogP contribution >= 0.6 is 0 Å². The molecule has 1 aliphatic rings. The van der Waals surface area contributed by atoms with E-state index in [0.29, 0.717) is 43.5 Å². The van der Waals surface area contributed by atoms with Gasteiger partial charge in [0, 0.05) is 31.0 Å². The van der Waals surface area contributed by atoms with Gasteiger partial charge in [0.15, 0.2) is 5.82 Å². The second kappa shape index (κ2) is 8.66. The number of benzene rings is 2. The third kappa shape index (κ3) is 4.12. The summed E-state index contributed by atoms with van der Waals surface area (Å²) in [6.07, 6.45) is 0.363. The van der Waals surface area contributed by atoms with Crippen LogP contribution < -0.4 is 4.74 Å². The number of hydrogen-bond donors (Lipinski definition) is 1. The molecule has 1 saturated heterocycles. The van der Waals surface area contributed by atoms with Gasteiger partial charge in [0.2, 0.25) is 5.91 Å². The maximum atomic E-state index is 12.6. The molecule has 2 aromatic heterocycles. The Labute approximate surface area is 185 Å². The molecule has 1 amide bonds. The van der Waals surface area contributed by atoms with E-state index in [1.165, 1.54) is 0 Å². The highest BCUT2D eigenvalue weighted by Gasteiger charge is 2.34. The molecule has 8 nitrogen and oxygen atoms in total. The van der Waals surface area contributed by atoms with Crippen molar-refractivity contribution in [3.05, 3.63) is 72.1 Å². The molecule has 8 heteroatoms. The molecule has 1 atom stereocenters. The molecule has 0 aliphatic carbocycles. The van der Waals surface area contributed by atoms with Crippen LogP contribution in [0, 0.1) is 0 Å². The van der Waals surface area contributed by atoms with Crippen molar-refractivity contribution in [1.29, 1.82) is 0 Å². The van der Waals surface area contributed by atoms with Crippen molar-refractivity contribution in [2.45, 2.75) is 25.8 Å². The summed E-state index contributed by atoms with van der Waals surface area (Å²) < 4.78 is 11.0. The number of nitrogens with one attached hydrogen (secondary N) is 1. The predicted molar refractivity (Wildman–Crippen MR) is 118 cm³/mol. The summed E-state index contributed by atoms with van der Waals surface area (Å²) in [7, 11) is 0. The number of carbonyl (C=O) groups is 1. The smallest absolute Gasteiger partial charge is 0.275 e. The molecule has 1 fully saturated rings. The maximum absolute atomic E-state index is 12.6. The average molecular weight is 429 g/mol. The lowest BCUT2D eigenvalue weighted by Crippen LogP contribution is -2.24. The Hall–Kier alpha value is -3.94. The van der Waals surface area contributed by atoms with Crippen molar-refractivity contribution in [3.63, 3.8) is 0 Å². The molecule has 4 aromatic rings. The summed E-state index contributed by atoms with van der Waals surface area (Å²) in [6, 6.07) is 19.6. The number of rotatable bonds is 7. The van der Waals surface area contributed by atoms with E-state index in [4.69, 9.17) is 9.26 Å². The van der Waals surface area contributed by atoms with Crippen molar-refractivity contribution >= 4 is 5.91 Å². The monoisotopic (exact) mass is 429 g/mol. The van der Waals surface area contributed by atoms with Crippen LogP contribution in [0.1, 0.15) is 30.7 Å². The first-order valence-electron chi connectivity index (χ1n) is 10.6. The molecule has 5 rings (SSSR count). The zero-order valence-electron chi connectivity index (χ0n) is 17.7. The minimum absolute atomic E-state index is 0.0797. The molecule has 32 heavy (non-hydrogen) atoms. The first-order chi connectivity index (χ1) is 15.7. The normalized spacial score (nSPS) is 16.0. The Morgan fingerprint density at radius 2 is 2.03 bits per heavy atom. The molecule has 0 saturated carbocycles. The minimum atomic E-state index is -0.105. The van der Waals surface area contributed by atoms with Gasteiger partial charge in [-0.2, -0.15) is 10.1 Å². The third-order valence-electron chi connectivity index (χ3n) is 5.48. The molecular formula is C24H23N5O3. The molecule has 0 spiro atoms. The average Bonchev–Trinajstić information content (AvgIpc) is 3.55. The summed E-state index contributed by atoms with van der Waals surface area (Å²) in [5.41, 5.74) is 3.48. The Kier molecular flexibility index (Phi) is 5.41. The fourth-order valence-corrected chi connectivity index (χ4v) is 3.92. The first kappa shape index (κ1) is 20.0. The van der Waals surface area contributed by atoms with E-state index < -0.39 is 0 Å². The van der Waals surface area contributed by atoms with Gasteiger partial charge in [-0.1, -0.05) is 47.6 Å². The summed E-state index contributed by atoms with van der Waals surface area (Å²) in [5.74, 6) is 1.69. The van der Waals surface area contributed by atoms with Gasteiger partial charge in [0.25, 0.3) is 5.89 Å². The lowest BCUT2D eigenvalue weighted by Gasteiger charge is -2.16. The largest absolute Gasteiger partial charge is 0.494 e. The number of H-pyrrole nitrogens is 1. The van der Waals surface area contributed by atoms with Crippen molar-refractivity contribution in [3.8, 4) is 28.6 Å². The summed E-state index contributed by atoms with van der Waals surface area (Å²) >= 11 is 0. The van der Waals surface area contributed by atoms with Gasteiger partial charge in [0.05, 0.1) is 12.3 Å². The van der Waals surface area contributed by atoms with Crippen molar-refractivity contribution in [2.24, 2.45) is 0 Å². The highest BCUT2D eigenvalue weighted by molar-refractivity contribution is 5.79. The molecule has 0 radical (unpaired) electrons. The first-order valence-corrected chi connectivity index (χ1v) is 10.6. The van der Waals surface area contributed by atoms with Crippen LogP contribution in [-0.2, 0) is 11.3 Å². The van der Waals surface area contributed by atoms with E-state index in [2.05, 4.69) is 20.3 Å². The van der Waals surface area contributed by atoms with Gasteiger partial charge in [0.1, 0.15) is 11.4 Å². The van der Waals surface area contributed by atoms with Crippen LogP contribution in [0.3, 0.4) is 0 Å². The predicted octanol–water partition coefficient (Wildman–Crippen LogP) is 4.04. The minimum Gasteiger partial charge on any atom is -0.494 e. The van der Waals surface area contributed by atoms with Crippen LogP contribution in [0.15, 0.2) is 65.2 Å². The number of amides is 1. The number of aromatic amines is 1. The highest BCUT2D eigenvalue weighted by Crippen LogP contribution is 2.30. The zero-order valence-corrected chi connectivity index (χ0v) is 17.7. The third-order valence-corrected chi connectivity index (χ3v) is 5.48. The molecule has 1 unspecified atom stereocenters. The maximum Gasteiger partial charge on any atom is 0.275 e. The Morgan fingerprint density at radius 1 is 1.16 bits per heavy atom. The number of ether oxygens (including phenoxy) is 1. The summed E-state index contributed by atoms with van der Waals surface area (Å²) in [6.45, 7) is 3.64. The van der Waals surface area contributed by atoms with Gasteiger partial charge in [-0.15, -0.1) is 0 Å². The van der Waals surface area contributed by atoms with E-state index in [-0.39, 0.29) is 11.8 Å². The second-order valence-corrected chi connectivity index (χ2v) is 7.75. The van der Waals surface area contributed by atoms with Crippen LogP contribution in [0.5, 0.6) is 5.75 Å². The Morgan fingerprint density at radius 3 is 2.88 bits per heavy atom. The quantitative estimate of drug-likeness (QED) is 0.476. The highest BCUT2D eigenvalue weighted by atomic mass is 16.5. The van der Waals surface area contributed by atoms with Gasteiger partial charge in [-0.05, 0) is 30.7 Å². The van der Waals surface area contributed by atoms with E-state index >= 15 is 0 Å². The van der Waals surface area contributed by atoms with Crippen molar-refractivity contribution in [2.75, 3.05) is 13.2 Å². The van der Waals surface area contributed by atoms with Gasteiger partial charge >= 0.3 is 0 Å². The Bertz CT molecular complexity index is 1220. The second-order valence-electron chi connectivity index (χ2n) is 7.75. The zero-order chi connectivity index (χ0) is 21.9. The molecule has 1 aliphatic heterocycles. The number of carbonyl (C=O) groups excluding carboxylic acids is 1. The molecule has 2 aromatic carbocycles. The van der Waals surface area contributed by atoms with Crippen molar-refractivity contribution in [1.82, 2.24) is 25.2 Å². The van der Waals surface area contributed by atoms with Crippen LogP contribution in [-0.4, -0.2) is 44.3 Å². The fraction of sp³-hybridized carbons (Fsp3) is 0.250. The number of aromatic nitrogens is 4. The Balaban J connectivity index is 1.27. The molecule has 162 valence electrons. The molecule has 3 heterocycles. The SMILES string of the molecule is CCOc1cccc(CN2CC(c3noc(-c4cc(-c5ccccc5)n[nH]4)n3)CC2=O)c1. The lowest BCUT2D eigenvalue weighted by atomic mass is 10.1. The summed E-state index contributed by atoms with van der Waals surface area (Å²) in [5, 5.41) is 11.4. The van der Waals surface area contributed by atoms with Gasteiger partial charge in [-0.25, -0.2) is 0 Å². The standard InChI is InChI=1S/C24H23N5O3/c1-2-31-19-10-6-7-16(11-19)14-29-15-18(12-22(29)30)23-25-24(32-28-23)21-13-20(26-27-21)17-8-4-3-5-9-17/h3-11,13,18H,2,12,14-15H2,1H3,(H,26,27). The van der Waals surface area contributed by atoms with Gasteiger partial charge in [-0.3, -0.25) is 9.89 Å². The van der Waals surface area contributed by atoms with E-state index in [9.17, 15) is 4.79 Å². The van der Waals surface area contributed by atoms with Gasteiger partial charge < -0.3 is 14.2 Å². The van der Waals surface area contributed by atoms with Crippen molar-refractivity contribution < 1.29 is 14.1 Å².